The Bertz CT molecular complexity index is 370. The Morgan fingerprint density at radius 3 is 2.17 bits per heavy atom. The van der Waals surface area contributed by atoms with Gasteiger partial charge in [0, 0.05) is 6.61 Å². The summed E-state index contributed by atoms with van der Waals surface area (Å²) in [6.45, 7) is 4.17. The van der Waals surface area contributed by atoms with Crippen molar-refractivity contribution in [3.8, 4) is 0 Å². The first kappa shape index (κ1) is 15.4. The molecule has 0 saturated carbocycles. The van der Waals surface area contributed by atoms with Crippen LogP contribution in [0.2, 0.25) is 0 Å². The molecule has 5 heteroatoms. The standard InChI is InChI=1S/C13H21O4P/c1-3-16-18(15,17-4-2)13(10-11-14)12-8-6-5-7-9-12/h5-9,13-14H,3-4,10-11H2,1-2H3. The monoisotopic (exact) mass is 272 g/mol. The van der Waals surface area contributed by atoms with Crippen molar-refractivity contribution in [1.82, 2.24) is 0 Å². The van der Waals surface area contributed by atoms with Gasteiger partial charge in [-0.1, -0.05) is 30.3 Å². The molecule has 1 atom stereocenters. The minimum atomic E-state index is -3.23. The highest BCUT2D eigenvalue weighted by molar-refractivity contribution is 7.54. The summed E-state index contributed by atoms with van der Waals surface area (Å²) in [4.78, 5) is 0. The van der Waals surface area contributed by atoms with E-state index in [0.717, 1.165) is 5.56 Å². The molecule has 0 aliphatic heterocycles. The van der Waals surface area contributed by atoms with Crippen molar-refractivity contribution in [2.24, 2.45) is 0 Å². The highest BCUT2D eigenvalue weighted by atomic mass is 31.2. The molecule has 1 N–H and O–H groups in total. The van der Waals surface area contributed by atoms with Gasteiger partial charge in [0.1, 0.15) is 0 Å². The third-order valence-corrected chi connectivity index (χ3v) is 5.14. The van der Waals surface area contributed by atoms with Gasteiger partial charge >= 0.3 is 7.60 Å². The molecular weight excluding hydrogens is 251 g/mol. The van der Waals surface area contributed by atoms with Crippen molar-refractivity contribution in [2.75, 3.05) is 19.8 Å². The van der Waals surface area contributed by atoms with E-state index in [1.165, 1.54) is 0 Å². The van der Waals surface area contributed by atoms with E-state index >= 15 is 0 Å². The van der Waals surface area contributed by atoms with Gasteiger partial charge in [0.05, 0.1) is 18.9 Å². The van der Waals surface area contributed by atoms with Crippen LogP contribution in [0.4, 0.5) is 0 Å². The predicted octanol–water partition coefficient (Wildman–Crippen LogP) is 3.38. The van der Waals surface area contributed by atoms with Crippen LogP contribution in [-0.2, 0) is 13.6 Å². The van der Waals surface area contributed by atoms with Crippen LogP contribution in [0, 0.1) is 0 Å². The Hall–Kier alpha value is -0.670. The van der Waals surface area contributed by atoms with E-state index in [4.69, 9.17) is 14.2 Å². The molecule has 102 valence electrons. The van der Waals surface area contributed by atoms with E-state index in [0.29, 0.717) is 19.6 Å². The van der Waals surface area contributed by atoms with Gasteiger partial charge in [-0.25, -0.2) is 0 Å². The maximum absolute atomic E-state index is 12.7. The van der Waals surface area contributed by atoms with E-state index < -0.39 is 13.3 Å². The quantitative estimate of drug-likeness (QED) is 0.737. The molecule has 1 aromatic carbocycles. The van der Waals surface area contributed by atoms with Gasteiger partial charge in [-0.05, 0) is 25.8 Å². The van der Waals surface area contributed by atoms with Crippen LogP contribution in [0.3, 0.4) is 0 Å². The van der Waals surface area contributed by atoms with Crippen molar-refractivity contribution in [3.63, 3.8) is 0 Å². The van der Waals surface area contributed by atoms with Gasteiger partial charge in [-0.2, -0.15) is 0 Å². The number of hydrogen-bond donors (Lipinski definition) is 1. The fraction of sp³-hybridized carbons (Fsp3) is 0.538. The second-order valence-corrected chi connectivity index (χ2v) is 6.03. The summed E-state index contributed by atoms with van der Waals surface area (Å²) >= 11 is 0. The molecule has 18 heavy (non-hydrogen) atoms. The molecule has 0 aliphatic carbocycles. The molecule has 0 aromatic heterocycles. The zero-order chi connectivity index (χ0) is 13.4. The molecule has 1 rings (SSSR count). The predicted molar refractivity (Wildman–Crippen MR) is 71.7 cm³/mol. The summed E-state index contributed by atoms with van der Waals surface area (Å²) < 4.78 is 23.5. The van der Waals surface area contributed by atoms with E-state index in [9.17, 15) is 4.57 Å². The molecule has 0 fully saturated rings. The lowest BCUT2D eigenvalue weighted by Crippen LogP contribution is -2.08. The average Bonchev–Trinajstić information content (AvgIpc) is 2.37. The van der Waals surface area contributed by atoms with Gasteiger partial charge in [0.25, 0.3) is 0 Å². The maximum atomic E-state index is 12.7. The molecular formula is C13H21O4P. The summed E-state index contributed by atoms with van der Waals surface area (Å²) in [6.07, 6.45) is 0.362. The molecule has 0 aliphatic rings. The third kappa shape index (κ3) is 3.92. The summed E-state index contributed by atoms with van der Waals surface area (Å²) in [5.74, 6) is 0. The fourth-order valence-electron chi connectivity index (χ4n) is 1.88. The van der Waals surface area contributed by atoms with Crippen LogP contribution in [0.5, 0.6) is 0 Å². The lowest BCUT2D eigenvalue weighted by molar-refractivity contribution is 0.203. The Labute approximate surface area is 108 Å². The SMILES string of the molecule is CCOP(=O)(OCC)C(CCO)c1ccccc1. The minimum absolute atomic E-state index is 0.0519. The molecule has 0 spiro atoms. The lowest BCUT2D eigenvalue weighted by Gasteiger charge is -2.26. The second kappa shape index (κ2) is 7.70. The minimum Gasteiger partial charge on any atom is -0.396 e. The van der Waals surface area contributed by atoms with Gasteiger partial charge in [0.2, 0.25) is 0 Å². The lowest BCUT2D eigenvalue weighted by atomic mass is 10.1. The summed E-state index contributed by atoms with van der Waals surface area (Å²) in [5.41, 5.74) is 0.459. The number of rotatable bonds is 8. The van der Waals surface area contributed by atoms with E-state index in [1.807, 2.05) is 30.3 Å². The zero-order valence-corrected chi connectivity index (χ0v) is 11.8. The first-order valence-corrected chi connectivity index (χ1v) is 7.83. The van der Waals surface area contributed by atoms with Crippen molar-refractivity contribution in [3.05, 3.63) is 35.9 Å². The Balaban J connectivity index is 3.04. The number of aliphatic hydroxyl groups is 1. The fourth-order valence-corrected chi connectivity index (χ4v) is 4.01. The second-order valence-electron chi connectivity index (χ2n) is 3.81. The smallest absolute Gasteiger partial charge is 0.338 e. The molecule has 0 amide bonds. The van der Waals surface area contributed by atoms with E-state index in [1.54, 1.807) is 13.8 Å². The number of aliphatic hydroxyl groups excluding tert-OH is 1. The molecule has 1 aromatic rings. The van der Waals surface area contributed by atoms with E-state index in [-0.39, 0.29) is 6.61 Å². The maximum Gasteiger partial charge on any atom is 0.338 e. The molecule has 0 radical (unpaired) electrons. The highest BCUT2D eigenvalue weighted by Gasteiger charge is 2.36. The van der Waals surface area contributed by atoms with Crippen LogP contribution in [0.25, 0.3) is 0 Å². The van der Waals surface area contributed by atoms with Gasteiger partial charge in [-0.15, -0.1) is 0 Å². The van der Waals surface area contributed by atoms with Crippen molar-refractivity contribution in [1.29, 1.82) is 0 Å². The molecule has 4 nitrogen and oxygen atoms in total. The highest BCUT2D eigenvalue weighted by Crippen LogP contribution is 2.62. The topological polar surface area (TPSA) is 55.8 Å². The largest absolute Gasteiger partial charge is 0.396 e. The normalized spacial score (nSPS) is 13.5. The molecule has 1 unspecified atom stereocenters. The summed E-state index contributed by atoms with van der Waals surface area (Å²) in [6, 6.07) is 9.41. The van der Waals surface area contributed by atoms with E-state index in [2.05, 4.69) is 0 Å². The Kier molecular flexibility index (Phi) is 6.58. The third-order valence-electron chi connectivity index (χ3n) is 2.59. The Morgan fingerprint density at radius 1 is 1.17 bits per heavy atom. The van der Waals surface area contributed by atoms with Crippen LogP contribution in [0.1, 0.15) is 31.5 Å². The van der Waals surface area contributed by atoms with Crippen LogP contribution in [-0.4, -0.2) is 24.9 Å². The summed E-state index contributed by atoms with van der Waals surface area (Å²) in [7, 11) is -3.23. The van der Waals surface area contributed by atoms with Crippen molar-refractivity contribution < 1.29 is 18.7 Å². The first-order valence-electron chi connectivity index (χ1n) is 6.22. The zero-order valence-electron chi connectivity index (χ0n) is 10.9. The van der Waals surface area contributed by atoms with Crippen molar-refractivity contribution in [2.45, 2.75) is 25.9 Å². The van der Waals surface area contributed by atoms with Gasteiger partial charge in [-0.3, -0.25) is 4.57 Å². The molecule has 0 heterocycles. The number of benzene rings is 1. The number of hydrogen-bond acceptors (Lipinski definition) is 4. The first-order chi connectivity index (χ1) is 8.68. The van der Waals surface area contributed by atoms with Gasteiger partial charge < -0.3 is 14.2 Å². The van der Waals surface area contributed by atoms with Crippen molar-refractivity contribution >= 4 is 7.60 Å². The Morgan fingerprint density at radius 2 is 1.72 bits per heavy atom. The molecule has 0 saturated heterocycles. The average molecular weight is 272 g/mol. The van der Waals surface area contributed by atoms with Crippen LogP contribution >= 0.6 is 7.60 Å². The van der Waals surface area contributed by atoms with Crippen LogP contribution < -0.4 is 0 Å². The molecule has 0 bridgehead atoms. The van der Waals surface area contributed by atoms with Crippen LogP contribution in [0.15, 0.2) is 30.3 Å². The summed E-state index contributed by atoms with van der Waals surface area (Å²) in [5, 5.41) is 9.17. The van der Waals surface area contributed by atoms with Gasteiger partial charge in [0.15, 0.2) is 0 Å².